The third-order valence-corrected chi connectivity index (χ3v) is 7.87. The molecule has 0 unspecified atom stereocenters. The van der Waals surface area contributed by atoms with E-state index in [-0.39, 0.29) is 17.3 Å². The van der Waals surface area contributed by atoms with Gasteiger partial charge in [-0.3, -0.25) is 9.10 Å². The molecule has 0 bridgehead atoms. The highest BCUT2D eigenvalue weighted by Gasteiger charge is 2.30. The molecule has 0 saturated carbocycles. The van der Waals surface area contributed by atoms with Gasteiger partial charge in [-0.1, -0.05) is 35.9 Å². The highest BCUT2D eigenvalue weighted by molar-refractivity contribution is 7.92. The summed E-state index contributed by atoms with van der Waals surface area (Å²) in [5, 5.41) is 0. The van der Waals surface area contributed by atoms with E-state index in [1.165, 1.54) is 16.4 Å². The van der Waals surface area contributed by atoms with Crippen LogP contribution in [0.4, 0.5) is 11.4 Å². The van der Waals surface area contributed by atoms with E-state index >= 15 is 0 Å². The largest absolute Gasteiger partial charge is 0.494 e. The lowest BCUT2D eigenvalue weighted by atomic mass is 10.2. The van der Waals surface area contributed by atoms with Crippen LogP contribution in [0.1, 0.15) is 12.5 Å². The Morgan fingerprint density at radius 3 is 2.11 bits per heavy atom. The summed E-state index contributed by atoms with van der Waals surface area (Å²) < 4.78 is 33.9. The summed E-state index contributed by atoms with van der Waals surface area (Å²) in [5.74, 6) is 0.383. The summed E-state index contributed by atoms with van der Waals surface area (Å²) in [6.07, 6.45) is 0. The van der Waals surface area contributed by atoms with Crippen LogP contribution in [0.15, 0.2) is 83.8 Å². The lowest BCUT2D eigenvalue weighted by molar-refractivity contribution is -0.129. The van der Waals surface area contributed by atoms with E-state index < -0.39 is 10.0 Å². The van der Waals surface area contributed by atoms with Crippen molar-refractivity contribution in [3.05, 3.63) is 84.4 Å². The van der Waals surface area contributed by atoms with E-state index in [0.29, 0.717) is 44.2 Å². The summed E-state index contributed by atoms with van der Waals surface area (Å²) in [4.78, 5) is 17.4. The molecule has 0 aromatic heterocycles. The van der Waals surface area contributed by atoms with E-state index in [1.54, 1.807) is 29.2 Å². The van der Waals surface area contributed by atoms with Gasteiger partial charge < -0.3 is 14.5 Å². The van der Waals surface area contributed by atoms with Gasteiger partial charge in [0.25, 0.3) is 10.0 Å². The molecule has 8 heteroatoms. The molecule has 0 atom stereocenters. The van der Waals surface area contributed by atoms with Gasteiger partial charge in [-0.25, -0.2) is 8.42 Å². The maximum atomic E-state index is 13.6. The van der Waals surface area contributed by atoms with Gasteiger partial charge in [-0.2, -0.15) is 0 Å². The molecule has 4 rings (SSSR count). The van der Waals surface area contributed by atoms with E-state index in [4.69, 9.17) is 4.74 Å². The van der Waals surface area contributed by atoms with Gasteiger partial charge in [0.05, 0.1) is 17.2 Å². The van der Waals surface area contributed by atoms with Crippen molar-refractivity contribution in [2.75, 3.05) is 48.5 Å². The molecular formula is C27H31N3O4S. The van der Waals surface area contributed by atoms with E-state index in [1.807, 2.05) is 44.2 Å². The Hall–Kier alpha value is -3.52. The number of amides is 1. The maximum absolute atomic E-state index is 13.6. The van der Waals surface area contributed by atoms with Gasteiger partial charge >= 0.3 is 0 Å². The third kappa shape index (κ3) is 5.77. The average Bonchev–Trinajstić information content (AvgIpc) is 2.89. The average molecular weight is 494 g/mol. The second-order valence-electron chi connectivity index (χ2n) is 8.46. The van der Waals surface area contributed by atoms with Crippen molar-refractivity contribution in [3.63, 3.8) is 0 Å². The Morgan fingerprint density at radius 1 is 0.886 bits per heavy atom. The minimum atomic E-state index is -3.97. The van der Waals surface area contributed by atoms with Crippen LogP contribution < -0.4 is 13.9 Å². The SMILES string of the molecule is CCOc1ccc(S(=O)(=O)N(CC(=O)N2CCN(c3ccccc3)CC2)c2ccc(C)cc2)cc1. The number of hydrogen-bond acceptors (Lipinski definition) is 5. The summed E-state index contributed by atoms with van der Waals surface area (Å²) in [6.45, 7) is 6.52. The molecule has 1 heterocycles. The second kappa shape index (κ2) is 10.8. The number of rotatable bonds is 8. The molecular weight excluding hydrogens is 462 g/mol. The summed E-state index contributed by atoms with van der Waals surface area (Å²) >= 11 is 0. The molecule has 35 heavy (non-hydrogen) atoms. The first-order valence-corrected chi connectivity index (χ1v) is 13.2. The van der Waals surface area contributed by atoms with Gasteiger partial charge in [0, 0.05) is 31.9 Å². The van der Waals surface area contributed by atoms with Crippen molar-refractivity contribution in [2.24, 2.45) is 0 Å². The number of ether oxygens (including phenoxy) is 1. The van der Waals surface area contributed by atoms with E-state index in [9.17, 15) is 13.2 Å². The van der Waals surface area contributed by atoms with Crippen molar-refractivity contribution in [1.29, 1.82) is 0 Å². The first kappa shape index (κ1) is 24.6. The number of sulfonamides is 1. The van der Waals surface area contributed by atoms with Gasteiger partial charge in [-0.05, 0) is 62.4 Å². The zero-order chi connectivity index (χ0) is 24.8. The van der Waals surface area contributed by atoms with E-state index in [2.05, 4.69) is 17.0 Å². The van der Waals surface area contributed by atoms with Crippen LogP contribution in [0.5, 0.6) is 5.75 Å². The highest BCUT2D eigenvalue weighted by Crippen LogP contribution is 2.26. The second-order valence-corrected chi connectivity index (χ2v) is 10.3. The van der Waals surface area contributed by atoms with Crippen LogP contribution in [0, 0.1) is 6.92 Å². The summed E-state index contributed by atoms with van der Waals surface area (Å²) in [5.41, 5.74) is 2.59. The fourth-order valence-corrected chi connectivity index (χ4v) is 5.52. The standard InChI is InChI=1S/C27H31N3O4S/c1-3-34-25-13-15-26(16-14-25)35(32,33)30(24-11-9-22(2)10-12-24)21-27(31)29-19-17-28(18-20-29)23-7-5-4-6-8-23/h4-16H,3,17-21H2,1-2H3. The molecule has 7 nitrogen and oxygen atoms in total. The molecule has 0 spiro atoms. The quantitative estimate of drug-likeness (QED) is 0.476. The van der Waals surface area contributed by atoms with Crippen LogP contribution >= 0.6 is 0 Å². The summed E-state index contributed by atoms with van der Waals surface area (Å²) in [6, 6.07) is 23.6. The van der Waals surface area contributed by atoms with Crippen molar-refractivity contribution >= 4 is 27.3 Å². The third-order valence-electron chi connectivity index (χ3n) is 6.08. The number of carbonyl (C=O) groups excluding carboxylic acids is 1. The molecule has 1 amide bonds. The molecule has 0 N–H and O–H groups in total. The molecule has 1 fully saturated rings. The number of benzene rings is 3. The minimum absolute atomic E-state index is 0.114. The number of hydrogen-bond donors (Lipinski definition) is 0. The number of aryl methyl sites for hydroxylation is 1. The summed E-state index contributed by atoms with van der Waals surface area (Å²) in [7, 11) is -3.97. The normalized spacial score (nSPS) is 14.0. The van der Waals surface area contributed by atoms with Crippen LogP contribution in [0.2, 0.25) is 0 Å². The minimum Gasteiger partial charge on any atom is -0.494 e. The molecule has 3 aromatic carbocycles. The van der Waals surface area contributed by atoms with Gasteiger partial charge in [-0.15, -0.1) is 0 Å². The molecule has 0 aliphatic carbocycles. The molecule has 0 radical (unpaired) electrons. The predicted octanol–water partition coefficient (Wildman–Crippen LogP) is 3.94. The fourth-order valence-electron chi connectivity index (χ4n) is 4.10. The number of nitrogens with zero attached hydrogens (tertiary/aromatic N) is 3. The highest BCUT2D eigenvalue weighted by atomic mass is 32.2. The zero-order valence-electron chi connectivity index (χ0n) is 20.1. The molecule has 1 saturated heterocycles. The lowest BCUT2D eigenvalue weighted by Gasteiger charge is -2.37. The smallest absolute Gasteiger partial charge is 0.264 e. The maximum Gasteiger partial charge on any atom is 0.264 e. The zero-order valence-corrected chi connectivity index (χ0v) is 20.9. The van der Waals surface area contributed by atoms with Crippen LogP contribution in [0.25, 0.3) is 0 Å². The van der Waals surface area contributed by atoms with Crippen LogP contribution in [-0.4, -0.2) is 58.6 Å². The predicted molar refractivity (Wildman–Crippen MR) is 139 cm³/mol. The monoisotopic (exact) mass is 493 g/mol. The topological polar surface area (TPSA) is 70.2 Å². The van der Waals surface area contributed by atoms with E-state index in [0.717, 1.165) is 11.3 Å². The Kier molecular flexibility index (Phi) is 7.60. The Labute approximate surface area is 207 Å². The Bertz CT molecular complexity index is 1220. The number of piperazine rings is 1. The first-order valence-electron chi connectivity index (χ1n) is 11.8. The molecule has 3 aromatic rings. The van der Waals surface area contributed by atoms with Crippen LogP contribution in [0.3, 0.4) is 0 Å². The van der Waals surface area contributed by atoms with Crippen molar-refractivity contribution in [2.45, 2.75) is 18.7 Å². The Morgan fingerprint density at radius 2 is 1.51 bits per heavy atom. The number of anilines is 2. The van der Waals surface area contributed by atoms with Crippen molar-refractivity contribution < 1.29 is 17.9 Å². The van der Waals surface area contributed by atoms with Gasteiger partial charge in [0.1, 0.15) is 12.3 Å². The molecule has 184 valence electrons. The lowest BCUT2D eigenvalue weighted by Crippen LogP contribution is -2.52. The molecule has 1 aliphatic heterocycles. The number of carbonyl (C=O) groups is 1. The van der Waals surface area contributed by atoms with Crippen molar-refractivity contribution in [1.82, 2.24) is 4.90 Å². The molecule has 1 aliphatic rings. The Balaban J connectivity index is 1.53. The number of para-hydroxylation sites is 1. The van der Waals surface area contributed by atoms with Gasteiger partial charge in [0.15, 0.2) is 0 Å². The fraction of sp³-hybridized carbons (Fsp3) is 0.296. The van der Waals surface area contributed by atoms with Crippen LogP contribution in [-0.2, 0) is 14.8 Å². The first-order chi connectivity index (χ1) is 16.9. The van der Waals surface area contributed by atoms with Crippen molar-refractivity contribution in [3.8, 4) is 5.75 Å². The van der Waals surface area contributed by atoms with Gasteiger partial charge in [0.2, 0.25) is 5.91 Å².